The van der Waals surface area contributed by atoms with Gasteiger partial charge in [0.2, 0.25) is 0 Å². The third-order valence-electron chi connectivity index (χ3n) is 6.03. The van der Waals surface area contributed by atoms with Crippen LogP contribution in [0, 0.1) is 13.8 Å². The molecule has 7 nitrogen and oxygen atoms in total. The Hall–Kier alpha value is -3.60. The molecule has 0 saturated carbocycles. The number of hydrogen-bond acceptors (Lipinski definition) is 5. The molecule has 1 aliphatic heterocycles. The SMILES string of the molecule is Cc1ccncc1-c1cc(-c2cnn3c2C(=O)N(c2ccc(C(F)(F)F)c(C)c2)C[C@@H]3C)on1.S. The molecule has 35 heavy (non-hydrogen) atoms. The first-order chi connectivity index (χ1) is 16.1. The van der Waals surface area contributed by atoms with E-state index < -0.39 is 11.7 Å². The van der Waals surface area contributed by atoms with Crippen LogP contribution < -0.4 is 4.90 Å². The van der Waals surface area contributed by atoms with Gasteiger partial charge in [0.1, 0.15) is 11.4 Å². The molecule has 0 saturated heterocycles. The number of hydrogen-bond donors (Lipinski definition) is 0. The van der Waals surface area contributed by atoms with Crippen molar-refractivity contribution < 1.29 is 22.5 Å². The predicted octanol–water partition coefficient (Wildman–Crippen LogP) is 5.57. The summed E-state index contributed by atoms with van der Waals surface area (Å²) in [5.41, 5.74) is 2.83. The second kappa shape index (κ2) is 8.88. The molecule has 1 amide bonds. The van der Waals surface area contributed by atoms with E-state index in [1.54, 1.807) is 29.3 Å². The lowest BCUT2D eigenvalue weighted by Crippen LogP contribution is -2.42. The largest absolute Gasteiger partial charge is 0.416 e. The minimum atomic E-state index is -4.45. The molecule has 11 heteroatoms. The zero-order chi connectivity index (χ0) is 24.2. The number of aromatic nitrogens is 4. The Morgan fingerprint density at radius 3 is 2.51 bits per heavy atom. The summed E-state index contributed by atoms with van der Waals surface area (Å²) in [4.78, 5) is 19.1. The van der Waals surface area contributed by atoms with Gasteiger partial charge < -0.3 is 9.42 Å². The molecule has 0 N–H and O–H groups in total. The van der Waals surface area contributed by atoms with Crippen molar-refractivity contribution >= 4 is 25.1 Å². The molecular weight excluding hydrogens is 479 g/mol. The van der Waals surface area contributed by atoms with E-state index in [1.165, 1.54) is 24.0 Å². The van der Waals surface area contributed by atoms with Crippen LogP contribution in [0.1, 0.15) is 40.1 Å². The second-order valence-electron chi connectivity index (χ2n) is 8.38. The quantitative estimate of drug-likeness (QED) is 0.367. The van der Waals surface area contributed by atoms with Crippen LogP contribution in [-0.2, 0) is 6.18 Å². The molecule has 0 bridgehead atoms. The molecule has 5 rings (SSSR count). The number of carbonyl (C=O) groups excluding carboxylic acids is 1. The molecule has 0 spiro atoms. The second-order valence-corrected chi connectivity index (χ2v) is 8.38. The summed E-state index contributed by atoms with van der Waals surface area (Å²) in [6.45, 7) is 5.48. The van der Waals surface area contributed by atoms with Gasteiger partial charge in [0.05, 0.1) is 23.4 Å². The van der Waals surface area contributed by atoms with E-state index in [1.807, 2.05) is 19.9 Å². The van der Waals surface area contributed by atoms with Crippen LogP contribution in [0.4, 0.5) is 18.9 Å². The average Bonchev–Trinajstić information content (AvgIpc) is 3.43. The van der Waals surface area contributed by atoms with Gasteiger partial charge in [-0.1, -0.05) is 5.16 Å². The number of nitrogens with zero attached hydrogens (tertiary/aromatic N) is 5. The van der Waals surface area contributed by atoms with Crippen LogP contribution in [-0.4, -0.2) is 32.4 Å². The van der Waals surface area contributed by atoms with Crippen molar-refractivity contribution in [2.75, 3.05) is 11.4 Å². The average molecular weight is 502 g/mol. The van der Waals surface area contributed by atoms with Crippen LogP contribution in [0.2, 0.25) is 0 Å². The highest BCUT2D eigenvalue weighted by atomic mass is 32.1. The van der Waals surface area contributed by atoms with Gasteiger partial charge >= 0.3 is 6.18 Å². The predicted molar refractivity (Wildman–Crippen MR) is 129 cm³/mol. The van der Waals surface area contributed by atoms with Crippen molar-refractivity contribution in [3.63, 3.8) is 0 Å². The monoisotopic (exact) mass is 501 g/mol. The van der Waals surface area contributed by atoms with Crippen molar-refractivity contribution in [3.8, 4) is 22.6 Å². The van der Waals surface area contributed by atoms with Crippen molar-refractivity contribution in [1.82, 2.24) is 19.9 Å². The molecule has 182 valence electrons. The van der Waals surface area contributed by atoms with Gasteiger partial charge in [-0.2, -0.15) is 31.8 Å². The number of fused-ring (bicyclic) bond motifs is 1. The molecule has 3 aromatic heterocycles. The minimum absolute atomic E-state index is 0. The molecule has 1 atom stereocenters. The molecule has 4 aromatic rings. The smallest absolute Gasteiger partial charge is 0.356 e. The summed E-state index contributed by atoms with van der Waals surface area (Å²) in [5.74, 6) is -0.00855. The maximum Gasteiger partial charge on any atom is 0.416 e. The fraction of sp³-hybridized carbons (Fsp3) is 0.250. The van der Waals surface area contributed by atoms with E-state index in [4.69, 9.17) is 4.52 Å². The Morgan fingerprint density at radius 1 is 1.06 bits per heavy atom. The molecule has 4 heterocycles. The van der Waals surface area contributed by atoms with Crippen molar-refractivity contribution in [3.05, 3.63) is 71.3 Å². The highest BCUT2D eigenvalue weighted by molar-refractivity contribution is 7.59. The van der Waals surface area contributed by atoms with Gasteiger partial charge in [-0.15, -0.1) is 0 Å². The van der Waals surface area contributed by atoms with Gasteiger partial charge in [-0.25, -0.2) is 0 Å². The lowest BCUT2D eigenvalue weighted by Gasteiger charge is -2.32. The number of aryl methyl sites for hydroxylation is 2. The standard InChI is InChI=1S/C24H20F3N5O2.H2S/c1-13-6-7-28-10-17(13)20-9-21(34-30-20)18-11-29-32-15(3)12-31(23(33)22(18)32)16-4-5-19(14(2)8-16)24(25,26)27;/h4-11,15H,12H2,1-3H3;1H2/t15-;/m0./s1. The normalized spacial score (nSPS) is 15.7. The van der Waals surface area contributed by atoms with Crippen molar-refractivity contribution in [1.29, 1.82) is 0 Å². The number of carbonyl (C=O) groups is 1. The number of pyridine rings is 1. The Kier molecular flexibility index (Phi) is 6.22. The lowest BCUT2D eigenvalue weighted by molar-refractivity contribution is -0.138. The zero-order valence-electron chi connectivity index (χ0n) is 19.1. The fourth-order valence-corrected chi connectivity index (χ4v) is 4.26. The van der Waals surface area contributed by atoms with Crippen LogP contribution in [0.25, 0.3) is 22.6 Å². The molecule has 0 radical (unpaired) electrons. The fourth-order valence-electron chi connectivity index (χ4n) is 4.26. The van der Waals surface area contributed by atoms with Gasteiger partial charge in [-0.05, 0) is 56.2 Å². The first kappa shape index (κ1) is 24.5. The highest BCUT2D eigenvalue weighted by Gasteiger charge is 2.36. The minimum Gasteiger partial charge on any atom is -0.356 e. The van der Waals surface area contributed by atoms with E-state index in [0.29, 0.717) is 28.4 Å². The lowest BCUT2D eigenvalue weighted by atomic mass is 10.0. The Labute approximate surface area is 206 Å². The third-order valence-corrected chi connectivity index (χ3v) is 6.03. The summed E-state index contributed by atoms with van der Waals surface area (Å²) in [7, 11) is 0. The maximum atomic E-state index is 13.5. The Bertz CT molecular complexity index is 1410. The molecular formula is C24H22F3N5O2S. The number of anilines is 1. The summed E-state index contributed by atoms with van der Waals surface area (Å²) >= 11 is 0. The molecule has 0 fully saturated rings. The van der Waals surface area contributed by atoms with Crippen LogP contribution in [0.3, 0.4) is 0 Å². The van der Waals surface area contributed by atoms with E-state index in [-0.39, 0.29) is 37.6 Å². The number of alkyl halides is 3. The Morgan fingerprint density at radius 2 is 1.83 bits per heavy atom. The van der Waals surface area contributed by atoms with Gasteiger partial charge in [0.25, 0.3) is 5.91 Å². The Balaban J connectivity index is 0.00000289. The topological polar surface area (TPSA) is 77.0 Å². The zero-order valence-corrected chi connectivity index (χ0v) is 20.1. The summed E-state index contributed by atoms with van der Waals surface area (Å²) in [6.07, 6.45) is 0.466. The van der Waals surface area contributed by atoms with E-state index in [9.17, 15) is 18.0 Å². The number of benzene rings is 1. The number of halogens is 3. The summed E-state index contributed by atoms with van der Waals surface area (Å²) in [6, 6.07) is 7.10. The molecule has 0 aliphatic carbocycles. The van der Waals surface area contributed by atoms with Gasteiger partial charge in [-0.3, -0.25) is 14.5 Å². The first-order valence-corrected chi connectivity index (χ1v) is 10.6. The maximum absolute atomic E-state index is 13.5. The van der Waals surface area contributed by atoms with E-state index in [2.05, 4.69) is 15.2 Å². The number of rotatable bonds is 3. The van der Waals surface area contributed by atoms with Gasteiger partial charge in [0.15, 0.2) is 5.76 Å². The van der Waals surface area contributed by atoms with Gasteiger partial charge in [0, 0.05) is 36.3 Å². The van der Waals surface area contributed by atoms with E-state index in [0.717, 1.165) is 17.2 Å². The van der Waals surface area contributed by atoms with Crippen molar-refractivity contribution in [2.45, 2.75) is 33.0 Å². The first-order valence-electron chi connectivity index (χ1n) is 10.6. The van der Waals surface area contributed by atoms with E-state index >= 15 is 0 Å². The summed E-state index contributed by atoms with van der Waals surface area (Å²) < 4.78 is 46.8. The molecule has 1 aromatic carbocycles. The van der Waals surface area contributed by atoms with Crippen molar-refractivity contribution in [2.24, 2.45) is 0 Å². The summed E-state index contributed by atoms with van der Waals surface area (Å²) in [5, 5.41) is 8.51. The molecule has 1 aliphatic rings. The highest BCUT2D eigenvalue weighted by Crippen LogP contribution is 2.37. The third kappa shape index (κ3) is 4.20. The number of amides is 1. The van der Waals surface area contributed by atoms with Crippen LogP contribution in [0.5, 0.6) is 0 Å². The van der Waals surface area contributed by atoms with Crippen LogP contribution >= 0.6 is 13.5 Å². The molecule has 0 unspecified atom stereocenters. The van der Waals surface area contributed by atoms with Crippen LogP contribution in [0.15, 0.2) is 53.4 Å².